The van der Waals surface area contributed by atoms with Gasteiger partial charge in [-0.1, -0.05) is 39.0 Å². The molecule has 20 heavy (non-hydrogen) atoms. The molecule has 0 saturated heterocycles. The van der Waals surface area contributed by atoms with Crippen LogP contribution in [-0.2, 0) is 4.79 Å². The van der Waals surface area contributed by atoms with Gasteiger partial charge >= 0.3 is 5.97 Å². The molecule has 2 N–H and O–H groups in total. The number of hydrogen-bond acceptors (Lipinski definition) is 2. The van der Waals surface area contributed by atoms with Crippen LogP contribution in [0.1, 0.15) is 59.3 Å². The fourth-order valence-corrected chi connectivity index (χ4v) is 3.50. The fraction of sp³-hybridized carbons (Fsp3) is 0.706. The van der Waals surface area contributed by atoms with Crippen molar-refractivity contribution in [2.75, 3.05) is 0 Å². The summed E-state index contributed by atoms with van der Waals surface area (Å²) >= 11 is 0. The predicted molar refractivity (Wildman–Crippen MR) is 78.0 cm³/mol. The predicted octanol–water partition coefficient (Wildman–Crippen LogP) is 3.13. The van der Waals surface area contributed by atoms with Crippen molar-refractivity contribution in [1.82, 2.24) is 0 Å². The first kappa shape index (κ1) is 15.1. The van der Waals surface area contributed by atoms with Crippen LogP contribution >= 0.6 is 0 Å². The quantitative estimate of drug-likeness (QED) is 0.723. The fourth-order valence-electron chi connectivity index (χ4n) is 3.50. The Morgan fingerprint density at radius 1 is 1.30 bits per heavy atom. The second-order valence-corrected chi connectivity index (χ2v) is 6.81. The van der Waals surface area contributed by atoms with Crippen molar-refractivity contribution in [2.45, 2.75) is 64.9 Å². The summed E-state index contributed by atoms with van der Waals surface area (Å²) in [4.78, 5) is 11.1. The average Bonchev–Trinajstić information content (AvgIpc) is 2.82. The first-order valence-electron chi connectivity index (χ1n) is 7.49. The van der Waals surface area contributed by atoms with Crippen molar-refractivity contribution in [3.63, 3.8) is 0 Å². The first-order chi connectivity index (χ1) is 9.28. The third kappa shape index (κ3) is 2.50. The molecule has 0 aromatic carbocycles. The van der Waals surface area contributed by atoms with E-state index in [4.69, 9.17) is 5.11 Å². The van der Waals surface area contributed by atoms with Crippen LogP contribution in [0.2, 0.25) is 0 Å². The Hall–Kier alpha value is -1.27. The normalized spacial score (nSPS) is 32.7. The van der Waals surface area contributed by atoms with Crippen LogP contribution in [0.3, 0.4) is 0 Å². The van der Waals surface area contributed by atoms with Gasteiger partial charge < -0.3 is 10.2 Å². The third-order valence-corrected chi connectivity index (χ3v) is 5.06. The highest BCUT2D eigenvalue weighted by Crippen LogP contribution is 2.46. The Morgan fingerprint density at radius 3 is 2.60 bits per heavy atom. The van der Waals surface area contributed by atoms with Gasteiger partial charge in [-0.15, -0.1) is 0 Å². The van der Waals surface area contributed by atoms with Crippen LogP contribution in [0.25, 0.3) is 0 Å². The Balaban J connectivity index is 2.35. The van der Waals surface area contributed by atoms with Crippen LogP contribution in [0.4, 0.5) is 0 Å². The Kier molecular flexibility index (Phi) is 3.97. The molecule has 110 valence electrons. The molecule has 2 unspecified atom stereocenters. The second kappa shape index (κ2) is 5.26. The van der Waals surface area contributed by atoms with Crippen molar-refractivity contribution in [3.8, 4) is 11.8 Å². The highest BCUT2D eigenvalue weighted by Gasteiger charge is 2.48. The summed E-state index contributed by atoms with van der Waals surface area (Å²) in [5, 5.41) is 20.2. The van der Waals surface area contributed by atoms with E-state index in [0.717, 1.165) is 32.1 Å². The third-order valence-electron chi connectivity index (χ3n) is 5.06. The molecular weight excluding hydrogens is 252 g/mol. The molecule has 0 aliphatic heterocycles. The minimum Gasteiger partial charge on any atom is -0.478 e. The van der Waals surface area contributed by atoms with Crippen LogP contribution in [0.5, 0.6) is 0 Å². The molecule has 2 aliphatic carbocycles. The van der Waals surface area contributed by atoms with E-state index in [1.54, 1.807) is 0 Å². The molecule has 2 aliphatic rings. The smallest absolute Gasteiger partial charge is 0.332 e. The molecule has 0 heterocycles. The number of carboxylic acids is 1. The van der Waals surface area contributed by atoms with E-state index in [9.17, 15) is 9.90 Å². The standard InChI is InChI=1S/C17H24O3/c1-12-6-5-10-16(2,3)17(12,20)11-9-13-7-4-8-14(13)15(18)19/h12,20H,4-8,10H2,1-3H3,(H,18,19). The molecule has 1 saturated carbocycles. The van der Waals surface area contributed by atoms with Crippen molar-refractivity contribution in [2.24, 2.45) is 11.3 Å². The average molecular weight is 276 g/mol. The Bertz CT molecular complexity index is 504. The molecule has 3 heteroatoms. The van der Waals surface area contributed by atoms with E-state index < -0.39 is 11.6 Å². The highest BCUT2D eigenvalue weighted by molar-refractivity contribution is 5.89. The highest BCUT2D eigenvalue weighted by atomic mass is 16.4. The van der Waals surface area contributed by atoms with E-state index in [-0.39, 0.29) is 11.3 Å². The molecule has 0 bridgehead atoms. The molecule has 0 spiro atoms. The zero-order chi connectivity index (χ0) is 15.0. The Morgan fingerprint density at radius 2 is 2.00 bits per heavy atom. The van der Waals surface area contributed by atoms with Crippen LogP contribution in [-0.4, -0.2) is 21.8 Å². The summed E-state index contributed by atoms with van der Waals surface area (Å²) < 4.78 is 0. The lowest BCUT2D eigenvalue weighted by atomic mass is 9.61. The van der Waals surface area contributed by atoms with E-state index in [1.807, 2.05) is 6.92 Å². The number of carboxylic acid groups (broad SMARTS) is 1. The van der Waals surface area contributed by atoms with Crippen LogP contribution in [0.15, 0.2) is 11.1 Å². The van der Waals surface area contributed by atoms with Crippen LogP contribution in [0, 0.1) is 23.2 Å². The summed E-state index contributed by atoms with van der Waals surface area (Å²) in [6.07, 6.45) is 5.20. The van der Waals surface area contributed by atoms with Crippen molar-refractivity contribution in [3.05, 3.63) is 11.1 Å². The molecule has 2 atom stereocenters. The molecule has 2 rings (SSSR count). The number of allylic oxidation sites excluding steroid dienone is 1. The maximum absolute atomic E-state index is 11.1. The minimum absolute atomic E-state index is 0.119. The molecule has 0 aromatic rings. The van der Waals surface area contributed by atoms with Gasteiger partial charge in [0.2, 0.25) is 0 Å². The van der Waals surface area contributed by atoms with Crippen molar-refractivity contribution in [1.29, 1.82) is 0 Å². The van der Waals surface area contributed by atoms with E-state index in [1.165, 1.54) is 0 Å². The van der Waals surface area contributed by atoms with Gasteiger partial charge in [-0.05, 0) is 38.0 Å². The van der Waals surface area contributed by atoms with Gasteiger partial charge in [-0.2, -0.15) is 0 Å². The minimum atomic E-state index is -1.02. The summed E-state index contributed by atoms with van der Waals surface area (Å²) in [6.45, 7) is 6.15. The van der Waals surface area contributed by atoms with E-state index in [0.29, 0.717) is 17.6 Å². The lowest BCUT2D eigenvalue weighted by Gasteiger charge is -2.47. The largest absolute Gasteiger partial charge is 0.478 e. The summed E-state index contributed by atoms with van der Waals surface area (Å²) in [6, 6.07) is 0. The molecule has 0 aromatic heterocycles. The molecule has 1 fully saturated rings. The zero-order valence-corrected chi connectivity index (χ0v) is 12.6. The van der Waals surface area contributed by atoms with Gasteiger partial charge in [0.15, 0.2) is 0 Å². The maximum Gasteiger partial charge on any atom is 0.332 e. The van der Waals surface area contributed by atoms with E-state index in [2.05, 4.69) is 25.7 Å². The molecule has 3 nitrogen and oxygen atoms in total. The number of aliphatic hydroxyl groups is 1. The molecule has 0 amide bonds. The maximum atomic E-state index is 11.1. The lowest BCUT2D eigenvalue weighted by Crippen LogP contribution is -2.51. The topological polar surface area (TPSA) is 57.5 Å². The summed E-state index contributed by atoms with van der Waals surface area (Å²) in [5.41, 5.74) is -0.133. The van der Waals surface area contributed by atoms with Crippen LogP contribution < -0.4 is 0 Å². The van der Waals surface area contributed by atoms with Crippen molar-refractivity contribution >= 4 is 5.97 Å². The summed E-state index contributed by atoms with van der Waals surface area (Å²) in [7, 11) is 0. The second-order valence-electron chi connectivity index (χ2n) is 6.81. The molecular formula is C17H24O3. The molecule has 0 radical (unpaired) electrons. The zero-order valence-electron chi connectivity index (χ0n) is 12.6. The Labute approximate surface area is 121 Å². The monoisotopic (exact) mass is 276 g/mol. The SMILES string of the molecule is CC1CCCC(C)(C)C1(O)C#CC1=C(C(=O)O)CCC1. The number of rotatable bonds is 1. The number of hydrogen-bond donors (Lipinski definition) is 2. The van der Waals surface area contributed by atoms with Gasteiger partial charge in [0.25, 0.3) is 0 Å². The van der Waals surface area contributed by atoms with Gasteiger partial charge in [0.05, 0.1) is 0 Å². The van der Waals surface area contributed by atoms with Gasteiger partial charge in [-0.25, -0.2) is 4.79 Å². The number of aliphatic carboxylic acids is 1. The van der Waals surface area contributed by atoms with Gasteiger partial charge in [0, 0.05) is 16.6 Å². The van der Waals surface area contributed by atoms with Gasteiger partial charge in [-0.3, -0.25) is 0 Å². The van der Waals surface area contributed by atoms with Gasteiger partial charge in [0.1, 0.15) is 5.60 Å². The number of carbonyl (C=O) groups is 1. The lowest BCUT2D eigenvalue weighted by molar-refractivity contribution is -0.132. The first-order valence-corrected chi connectivity index (χ1v) is 7.49. The van der Waals surface area contributed by atoms with E-state index >= 15 is 0 Å². The van der Waals surface area contributed by atoms with Crippen molar-refractivity contribution < 1.29 is 15.0 Å². The summed E-state index contributed by atoms with van der Waals surface area (Å²) in [5.74, 6) is 5.31.